The number of amides is 2. The van der Waals surface area contributed by atoms with Gasteiger partial charge in [-0.3, -0.25) is 9.59 Å². The van der Waals surface area contributed by atoms with Crippen LogP contribution in [0.4, 0.5) is 0 Å². The molecule has 2 fully saturated rings. The quantitative estimate of drug-likeness (QED) is 0.704. The summed E-state index contributed by atoms with van der Waals surface area (Å²) in [6.45, 7) is 3.25. The maximum absolute atomic E-state index is 12.4. The SMILES string of the molecule is CC1(N)CCCCC1C(=O)NCC1(C(N)=O)CCOCC1.Cl. The zero-order valence-electron chi connectivity index (χ0n) is 13.2. The Bertz CT molecular complexity index is 409. The van der Waals surface area contributed by atoms with Crippen LogP contribution in [-0.4, -0.2) is 37.1 Å². The first-order valence-electron chi connectivity index (χ1n) is 7.82. The van der Waals surface area contributed by atoms with Crippen molar-refractivity contribution in [3.05, 3.63) is 0 Å². The van der Waals surface area contributed by atoms with Crippen molar-refractivity contribution in [2.45, 2.75) is 51.0 Å². The van der Waals surface area contributed by atoms with E-state index in [0.717, 1.165) is 25.7 Å². The number of carbonyl (C=O) groups is 2. The van der Waals surface area contributed by atoms with E-state index in [0.29, 0.717) is 26.1 Å². The average Bonchev–Trinajstić information content (AvgIpc) is 2.45. The molecule has 0 spiro atoms. The van der Waals surface area contributed by atoms with E-state index in [1.54, 1.807) is 0 Å². The molecule has 2 rings (SSSR count). The van der Waals surface area contributed by atoms with Gasteiger partial charge in [0.25, 0.3) is 0 Å². The van der Waals surface area contributed by atoms with E-state index in [1.807, 2.05) is 6.92 Å². The second-order valence-corrected chi connectivity index (χ2v) is 6.78. The molecule has 5 N–H and O–H groups in total. The van der Waals surface area contributed by atoms with Crippen molar-refractivity contribution in [2.24, 2.45) is 22.8 Å². The second-order valence-electron chi connectivity index (χ2n) is 6.78. The van der Waals surface area contributed by atoms with Crippen molar-refractivity contribution < 1.29 is 14.3 Å². The molecule has 1 saturated heterocycles. The van der Waals surface area contributed by atoms with Crippen LogP contribution in [0.5, 0.6) is 0 Å². The number of halogens is 1. The zero-order valence-corrected chi connectivity index (χ0v) is 14.0. The fourth-order valence-electron chi connectivity index (χ4n) is 3.44. The fraction of sp³-hybridized carbons (Fsp3) is 0.867. The molecule has 128 valence electrons. The Morgan fingerprint density at radius 2 is 1.86 bits per heavy atom. The van der Waals surface area contributed by atoms with E-state index in [4.69, 9.17) is 16.2 Å². The zero-order chi connectivity index (χ0) is 15.5. The number of primary amides is 1. The summed E-state index contributed by atoms with van der Waals surface area (Å²) in [4.78, 5) is 24.2. The molecule has 0 aromatic carbocycles. The molecular formula is C15H28ClN3O3. The van der Waals surface area contributed by atoms with Gasteiger partial charge < -0.3 is 21.5 Å². The van der Waals surface area contributed by atoms with Crippen molar-refractivity contribution in [2.75, 3.05) is 19.8 Å². The molecule has 2 unspecified atom stereocenters. The van der Waals surface area contributed by atoms with E-state index in [-0.39, 0.29) is 36.7 Å². The molecule has 1 aliphatic heterocycles. The van der Waals surface area contributed by atoms with Gasteiger partial charge in [0.15, 0.2) is 0 Å². The number of ether oxygens (including phenoxy) is 1. The highest BCUT2D eigenvalue weighted by molar-refractivity contribution is 5.85. The number of hydrogen-bond donors (Lipinski definition) is 3. The van der Waals surface area contributed by atoms with Gasteiger partial charge >= 0.3 is 0 Å². The van der Waals surface area contributed by atoms with Crippen LogP contribution in [0.25, 0.3) is 0 Å². The number of hydrogen-bond acceptors (Lipinski definition) is 4. The van der Waals surface area contributed by atoms with Crippen LogP contribution in [0.15, 0.2) is 0 Å². The van der Waals surface area contributed by atoms with Crippen LogP contribution in [0.2, 0.25) is 0 Å². The Balaban J connectivity index is 0.00000242. The number of carbonyl (C=O) groups excluding carboxylic acids is 2. The van der Waals surface area contributed by atoms with Crippen LogP contribution in [-0.2, 0) is 14.3 Å². The van der Waals surface area contributed by atoms with Gasteiger partial charge in [-0.15, -0.1) is 12.4 Å². The third-order valence-corrected chi connectivity index (χ3v) is 5.14. The van der Waals surface area contributed by atoms with Crippen LogP contribution in [0.1, 0.15) is 45.4 Å². The van der Waals surface area contributed by atoms with Crippen molar-refractivity contribution in [3.8, 4) is 0 Å². The molecular weight excluding hydrogens is 306 g/mol. The standard InChI is InChI=1S/C15H27N3O3.ClH/c1-14(17)5-3-2-4-11(14)12(19)18-10-15(13(16)20)6-8-21-9-7-15;/h11H,2-10,17H2,1H3,(H2,16,20)(H,18,19);1H. The summed E-state index contributed by atoms with van der Waals surface area (Å²) in [6, 6.07) is 0. The minimum atomic E-state index is -0.673. The monoisotopic (exact) mass is 333 g/mol. The first kappa shape index (κ1) is 19.2. The molecule has 1 saturated carbocycles. The number of nitrogens with two attached hydrogens (primary N) is 2. The van der Waals surface area contributed by atoms with Gasteiger partial charge in [0, 0.05) is 25.3 Å². The summed E-state index contributed by atoms with van der Waals surface area (Å²) in [5.74, 6) is -0.590. The summed E-state index contributed by atoms with van der Waals surface area (Å²) < 4.78 is 5.29. The highest BCUT2D eigenvalue weighted by Gasteiger charge is 2.41. The lowest BCUT2D eigenvalue weighted by Gasteiger charge is -2.39. The summed E-state index contributed by atoms with van der Waals surface area (Å²) in [7, 11) is 0. The third-order valence-electron chi connectivity index (χ3n) is 5.14. The Morgan fingerprint density at radius 1 is 1.23 bits per heavy atom. The maximum atomic E-state index is 12.4. The fourth-order valence-corrected chi connectivity index (χ4v) is 3.44. The van der Waals surface area contributed by atoms with Crippen LogP contribution >= 0.6 is 12.4 Å². The van der Waals surface area contributed by atoms with Gasteiger partial charge in [0.2, 0.25) is 11.8 Å². The lowest BCUT2D eigenvalue weighted by atomic mass is 9.73. The first-order valence-corrected chi connectivity index (χ1v) is 7.82. The summed E-state index contributed by atoms with van der Waals surface area (Å²) in [5.41, 5.74) is 10.7. The molecule has 0 aromatic rings. The molecule has 2 atom stereocenters. The Morgan fingerprint density at radius 3 is 2.41 bits per heavy atom. The van der Waals surface area contributed by atoms with Gasteiger partial charge in [0.1, 0.15) is 0 Å². The van der Waals surface area contributed by atoms with E-state index in [2.05, 4.69) is 5.32 Å². The predicted molar refractivity (Wildman–Crippen MR) is 86.5 cm³/mol. The normalized spacial score (nSPS) is 30.9. The van der Waals surface area contributed by atoms with Gasteiger partial charge in [-0.05, 0) is 32.6 Å². The van der Waals surface area contributed by atoms with Crippen molar-refractivity contribution >= 4 is 24.2 Å². The van der Waals surface area contributed by atoms with Crippen molar-refractivity contribution in [1.82, 2.24) is 5.32 Å². The first-order chi connectivity index (χ1) is 9.87. The van der Waals surface area contributed by atoms with E-state index < -0.39 is 11.0 Å². The minimum absolute atomic E-state index is 0. The van der Waals surface area contributed by atoms with Gasteiger partial charge in [-0.25, -0.2) is 0 Å². The molecule has 6 nitrogen and oxygen atoms in total. The highest BCUT2D eigenvalue weighted by atomic mass is 35.5. The Hall–Kier alpha value is -0.850. The lowest BCUT2D eigenvalue weighted by Crippen LogP contribution is -2.55. The molecule has 2 amide bonds. The van der Waals surface area contributed by atoms with Crippen LogP contribution < -0.4 is 16.8 Å². The van der Waals surface area contributed by atoms with Gasteiger partial charge in [0.05, 0.1) is 11.3 Å². The number of nitrogens with one attached hydrogen (secondary N) is 1. The molecule has 1 aliphatic carbocycles. The number of rotatable bonds is 4. The molecule has 0 bridgehead atoms. The van der Waals surface area contributed by atoms with Gasteiger partial charge in [-0.2, -0.15) is 0 Å². The maximum Gasteiger partial charge on any atom is 0.225 e. The van der Waals surface area contributed by atoms with E-state index in [9.17, 15) is 9.59 Å². The molecule has 2 aliphatic rings. The van der Waals surface area contributed by atoms with E-state index >= 15 is 0 Å². The van der Waals surface area contributed by atoms with Crippen molar-refractivity contribution in [3.63, 3.8) is 0 Å². The predicted octanol–water partition coefficient (Wildman–Crippen LogP) is 0.714. The van der Waals surface area contributed by atoms with Crippen LogP contribution in [0.3, 0.4) is 0 Å². The molecule has 7 heteroatoms. The Kier molecular flexibility index (Phi) is 6.65. The minimum Gasteiger partial charge on any atom is -0.381 e. The largest absolute Gasteiger partial charge is 0.381 e. The summed E-state index contributed by atoms with van der Waals surface area (Å²) in [5, 5.41) is 2.92. The van der Waals surface area contributed by atoms with Crippen LogP contribution in [0, 0.1) is 11.3 Å². The van der Waals surface area contributed by atoms with E-state index in [1.165, 1.54) is 0 Å². The van der Waals surface area contributed by atoms with Gasteiger partial charge in [-0.1, -0.05) is 12.8 Å². The molecule has 22 heavy (non-hydrogen) atoms. The summed E-state index contributed by atoms with van der Waals surface area (Å²) >= 11 is 0. The lowest BCUT2D eigenvalue weighted by molar-refractivity contribution is -0.135. The topological polar surface area (TPSA) is 107 Å². The summed E-state index contributed by atoms with van der Waals surface area (Å²) in [6.07, 6.45) is 4.89. The molecule has 0 radical (unpaired) electrons. The van der Waals surface area contributed by atoms with Crippen molar-refractivity contribution in [1.29, 1.82) is 0 Å². The molecule has 0 aromatic heterocycles. The third kappa shape index (κ3) is 4.12. The Labute approximate surface area is 138 Å². The second kappa shape index (κ2) is 7.62. The smallest absolute Gasteiger partial charge is 0.225 e. The average molecular weight is 334 g/mol. The highest BCUT2D eigenvalue weighted by Crippen LogP contribution is 2.33. The molecule has 1 heterocycles.